The highest BCUT2D eigenvalue weighted by Gasteiger charge is 2.26. The summed E-state index contributed by atoms with van der Waals surface area (Å²) < 4.78 is 9.92. The molecule has 0 aliphatic heterocycles. The number of nitrogens with one attached hydrogen (secondary N) is 2. The largest absolute Gasteiger partial charge is 0.469 e. The van der Waals surface area contributed by atoms with Crippen molar-refractivity contribution in [1.82, 2.24) is 10.6 Å². The summed E-state index contributed by atoms with van der Waals surface area (Å²) >= 11 is 0. The minimum Gasteiger partial charge on any atom is -0.469 e. The predicted molar refractivity (Wildman–Crippen MR) is 80.0 cm³/mol. The van der Waals surface area contributed by atoms with Crippen molar-refractivity contribution in [3.8, 4) is 0 Å². The molecule has 21 heavy (non-hydrogen) atoms. The first-order valence-corrected chi connectivity index (χ1v) is 7.60. The second-order valence-electron chi connectivity index (χ2n) is 6.45. The van der Waals surface area contributed by atoms with Crippen LogP contribution in [0, 0.1) is 5.92 Å². The number of carbonyl (C=O) groups excluding carboxylic acids is 2. The summed E-state index contributed by atoms with van der Waals surface area (Å²) in [5.41, 5.74) is -0.468. The van der Waals surface area contributed by atoms with Crippen LogP contribution in [0.4, 0.5) is 4.79 Å². The molecule has 0 bridgehead atoms. The average molecular weight is 300 g/mol. The SMILES string of the molecule is COC(=O)[C@H]1CC[C@H](NCCNC(=O)OC(C)(C)C)CC1. The van der Waals surface area contributed by atoms with Gasteiger partial charge in [-0.3, -0.25) is 4.79 Å². The van der Waals surface area contributed by atoms with Crippen LogP contribution in [-0.4, -0.2) is 43.9 Å². The molecule has 0 spiro atoms. The van der Waals surface area contributed by atoms with Gasteiger partial charge in [0.1, 0.15) is 5.60 Å². The normalized spacial score (nSPS) is 22.5. The van der Waals surface area contributed by atoms with Crippen LogP contribution >= 0.6 is 0 Å². The molecule has 0 aromatic heterocycles. The number of ether oxygens (including phenoxy) is 2. The highest BCUT2D eigenvalue weighted by Crippen LogP contribution is 2.25. The molecule has 1 fully saturated rings. The summed E-state index contributed by atoms with van der Waals surface area (Å²) in [5, 5.41) is 6.11. The summed E-state index contributed by atoms with van der Waals surface area (Å²) in [6, 6.07) is 0.409. The summed E-state index contributed by atoms with van der Waals surface area (Å²) in [7, 11) is 1.44. The third-order valence-corrected chi connectivity index (χ3v) is 3.49. The number of carbonyl (C=O) groups is 2. The highest BCUT2D eigenvalue weighted by molar-refractivity contribution is 5.72. The van der Waals surface area contributed by atoms with Crippen LogP contribution in [0.3, 0.4) is 0 Å². The molecule has 0 aromatic rings. The zero-order valence-electron chi connectivity index (χ0n) is 13.5. The number of hydrogen-bond donors (Lipinski definition) is 2. The van der Waals surface area contributed by atoms with Crippen molar-refractivity contribution in [2.45, 2.75) is 58.1 Å². The van der Waals surface area contributed by atoms with E-state index in [1.807, 2.05) is 20.8 Å². The zero-order chi connectivity index (χ0) is 15.9. The van der Waals surface area contributed by atoms with E-state index in [0.29, 0.717) is 19.1 Å². The van der Waals surface area contributed by atoms with E-state index in [2.05, 4.69) is 10.6 Å². The molecule has 2 N–H and O–H groups in total. The van der Waals surface area contributed by atoms with Crippen LogP contribution in [0.5, 0.6) is 0 Å². The number of alkyl carbamates (subject to hydrolysis) is 1. The number of amides is 1. The summed E-state index contributed by atoms with van der Waals surface area (Å²) in [6.07, 6.45) is 3.27. The van der Waals surface area contributed by atoms with Gasteiger partial charge in [0.05, 0.1) is 13.0 Å². The molecule has 122 valence electrons. The van der Waals surface area contributed by atoms with Crippen molar-refractivity contribution >= 4 is 12.1 Å². The second-order valence-corrected chi connectivity index (χ2v) is 6.45. The molecule has 0 saturated heterocycles. The number of hydrogen-bond acceptors (Lipinski definition) is 5. The lowest BCUT2D eigenvalue weighted by Gasteiger charge is -2.27. The smallest absolute Gasteiger partial charge is 0.407 e. The Labute approximate surface area is 126 Å². The van der Waals surface area contributed by atoms with E-state index in [9.17, 15) is 9.59 Å². The molecule has 6 nitrogen and oxygen atoms in total. The van der Waals surface area contributed by atoms with Crippen molar-refractivity contribution in [3.63, 3.8) is 0 Å². The third-order valence-electron chi connectivity index (χ3n) is 3.49. The molecule has 1 aliphatic rings. The van der Waals surface area contributed by atoms with E-state index in [1.165, 1.54) is 7.11 Å². The molecular formula is C15H28N2O4. The minimum atomic E-state index is -0.468. The van der Waals surface area contributed by atoms with Crippen LogP contribution in [0.1, 0.15) is 46.5 Å². The van der Waals surface area contributed by atoms with Crippen LogP contribution in [0.15, 0.2) is 0 Å². The molecule has 0 unspecified atom stereocenters. The van der Waals surface area contributed by atoms with Crippen molar-refractivity contribution in [2.24, 2.45) is 5.92 Å². The van der Waals surface area contributed by atoms with E-state index in [0.717, 1.165) is 25.7 Å². The lowest BCUT2D eigenvalue weighted by molar-refractivity contribution is -0.146. The fraction of sp³-hybridized carbons (Fsp3) is 0.867. The van der Waals surface area contributed by atoms with Crippen molar-refractivity contribution in [2.75, 3.05) is 20.2 Å². The first-order chi connectivity index (χ1) is 9.81. The molecule has 6 heteroatoms. The van der Waals surface area contributed by atoms with Gasteiger partial charge in [-0.25, -0.2) is 4.79 Å². The summed E-state index contributed by atoms with van der Waals surface area (Å²) in [6.45, 7) is 6.75. The van der Waals surface area contributed by atoms with Gasteiger partial charge in [-0.15, -0.1) is 0 Å². The molecule has 1 aliphatic carbocycles. The molecule has 0 atom stereocenters. The molecular weight excluding hydrogens is 272 g/mol. The second kappa shape index (κ2) is 8.22. The van der Waals surface area contributed by atoms with Crippen LogP contribution in [0.25, 0.3) is 0 Å². The van der Waals surface area contributed by atoms with Gasteiger partial charge in [0.25, 0.3) is 0 Å². The maximum Gasteiger partial charge on any atom is 0.407 e. The Balaban J connectivity index is 2.10. The van der Waals surface area contributed by atoms with E-state index in [1.54, 1.807) is 0 Å². The van der Waals surface area contributed by atoms with Gasteiger partial charge >= 0.3 is 12.1 Å². The van der Waals surface area contributed by atoms with E-state index >= 15 is 0 Å². The first-order valence-electron chi connectivity index (χ1n) is 7.60. The molecule has 1 saturated carbocycles. The van der Waals surface area contributed by atoms with Gasteiger partial charge in [0.15, 0.2) is 0 Å². The lowest BCUT2D eigenvalue weighted by atomic mass is 9.86. The first kappa shape index (κ1) is 17.8. The highest BCUT2D eigenvalue weighted by atomic mass is 16.6. The quantitative estimate of drug-likeness (QED) is 0.598. The Bertz CT molecular complexity index is 344. The standard InChI is InChI=1S/C15H28N2O4/c1-15(2,3)21-14(19)17-10-9-16-12-7-5-11(6-8-12)13(18)20-4/h11-12,16H,5-10H2,1-4H3,(H,17,19)/t11-,12-. The van der Waals surface area contributed by atoms with E-state index < -0.39 is 11.7 Å². The molecule has 0 heterocycles. The van der Waals surface area contributed by atoms with Gasteiger partial charge < -0.3 is 20.1 Å². The zero-order valence-corrected chi connectivity index (χ0v) is 13.5. The molecule has 0 aromatic carbocycles. The van der Waals surface area contributed by atoms with Crippen LogP contribution in [0.2, 0.25) is 0 Å². The number of esters is 1. The van der Waals surface area contributed by atoms with Gasteiger partial charge in [-0.05, 0) is 46.5 Å². The van der Waals surface area contributed by atoms with Gasteiger partial charge in [0.2, 0.25) is 0 Å². The molecule has 1 rings (SSSR count). The topological polar surface area (TPSA) is 76.7 Å². The Morgan fingerprint density at radius 3 is 2.24 bits per heavy atom. The summed E-state index contributed by atoms with van der Waals surface area (Å²) in [5.74, 6) is -0.0482. The monoisotopic (exact) mass is 300 g/mol. The Morgan fingerprint density at radius 2 is 1.71 bits per heavy atom. The Hall–Kier alpha value is -1.30. The van der Waals surface area contributed by atoms with Gasteiger partial charge in [0, 0.05) is 19.1 Å². The predicted octanol–water partition coefficient (Wildman–Crippen LogP) is 1.83. The fourth-order valence-corrected chi connectivity index (χ4v) is 2.45. The maximum absolute atomic E-state index is 11.4. The minimum absolute atomic E-state index is 0.0490. The third kappa shape index (κ3) is 7.32. The van der Waals surface area contributed by atoms with E-state index in [-0.39, 0.29) is 11.9 Å². The van der Waals surface area contributed by atoms with Crippen LogP contribution in [-0.2, 0) is 14.3 Å². The van der Waals surface area contributed by atoms with Crippen LogP contribution < -0.4 is 10.6 Å². The van der Waals surface area contributed by atoms with Crippen molar-refractivity contribution < 1.29 is 19.1 Å². The van der Waals surface area contributed by atoms with Gasteiger partial charge in [-0.1, -0.05) is 0 Å². The fourth-order valence-electron chi connectivity index (χ4n) is 2.45. The van der Waals surface area contributed by atoms with Gasteiger partial charge in [-0.2, -0.15) is 0 Å². The van der Waals surface area contributed by atoms with Crippen molar-refractivity contribution in [1.29, 1.82) is 0 Å². The number of methoxy groups -OCH3 is 1. The Kier molecular flexibility index (Phi) is 6.95. The average Bonchev–Trinajstić information content (AvgIpc) is 2.41. The summed E-state index contributed by atoms with van der Waals surface area (Å²) in [4.78, 5) is 22.9. The molecule has 1 amide bonds. The molecule has 0 radical (unpaired) electrons. The lowest BCUT2D eigenvalue weighted by Crippen LogP contribution is -2.41. The maximum atomic E-state index is 11.4. The Morgan fingerprint density at radius 1 is 1.10 bits per heavy atom. The van der Waals surface area contributed by atoms with E-state index in [4.69, 9.17) is 9.47 Å². The van der Waals surface area contributed by atoms with Crippen molar-refractivity contribution in [3.05, 3.63) is 0 Å². The number of rotatable bonds is 5.